The Hall–Kier alpha value is 1.00. The van der Waals surface area contributed by atoms with Gasteiger partial charge in [-0.3, -0.25) is 0 Å². The van der Waals surface area contributed by atoms with E-state index in [-0.39, 0.29) is 24.0 Å². The molecule has 0 heterocycles. The molecular weight excluding hydrogens is 442 g/mol. The lowest BCUT2D eigenvalue weighted by molar-refractivity contribution is -0.00000677. The van der Waals surface area contributed by atoms with E-state index >= 15 is 0 Å². The van der Waals surface area contributed by atoms with Crippen molar-refractivity contribution in [3.8, 4) is 0 Å². The lowest BCUT2D eigenvalue weighted by Gasteiger charge is -2.39. The molecule has 0 amide bonds. The summed E-state index contributed by atoms with van der Waals surface area (Å²) < 4.78 is 2.72. The SMILES string of the molecule is CCCCCN(CCCCC)[P+](NC(C)C)(NC(C)C)NC(C)C.[I-]. The molecule has 25 heavy (non-hydrogen) atoms. The van der Waals surface area contributed by atoms with E-state index < -0.39 is 7.87 Å². The van der Waals surface area contributed by atoms with Gasteiger partial charge in [-0.1, -0.05) is 39.5 Å². The van der Waals surface area contributed by atoms with E-state index in [1.807, 2.05) is 0 Å². The van der Waals surface area contributed by atoms with Crippen molar-refractivity contribution in [2.75, 3.05) is 13.1 Å². The Labute approximate surface area is 176 Å². The molecule has 0 fully saturated rings. The first-order chi connectivity index (χ1) is 11.3. The lowest BCUT2D eigenvalue weighted by atomic mass is 10.2. The normalized spacial score (nSPS) is 12.5. The number of nitrogens with zero attached hydrogens (tertiary/aromatic N) is 1. The maximum atomic E-state index is 3.92. The fourth-order valence-electron chi connectivity index (χ4n) is 2.98. The maximum absolute atomic E-state index is 3.92. The highest BCUT2D eigenvalue weighted by molar-refractivity contribution is 7.67. The third-order valence-electron chi connectivity index (χ3n) is 3.80. The van der Waals surface area contributed by atoms with Gasteiger partial charge in [0.05, 0.1) is 0 Å². The molecular formula is C19H46IN4P. The van der Waals surface area contributed by atoms with Crippen LogP contribution in [0.1, 0.15) is 93.9 Å². The molecule has 0 saturated heterocycles. The first kappa shape index (κ1) is 28.2. The van der Waals surface area contributed by atoms with E-state index in [1.165, 1.54) is 51.6 Å². The molecule has 0 saturated carbocycles. The summed E-state index contributed by atoms with van der Waals surface area (Å²) in [4.78, 5) is 0. The molecule has 6 heteroatoms. The quantitative estimate of drug-likeness (QED) is 0.188. The second-order valence-corrected chi connectivity index (χ2v) is 10.5. The zero-order valence-electron chi connectivity index (χ0n) is 18.2. The summed E-state index contributed by atoms with van der Waals surface area (Å²) >= 11 is 0. The fourth-order valence-corrected chi connectivity index (χ4v) is 6.82. The number of hydrogen-bond acceptors (Lipinski definition) is 4. The molecule has 0 aromatic carbocycles. The topological polar surface area (TPSA) is 39.3 Å². The second-order valence-electron chi connectivity index (χ2n) is 7.85. The van der Waals surface area contributed by atoms with Crippen LogP contribution in [0, 0.1) is 0 Å². The van der Waals surface area contributed by atoms with Gasteiger partial charge >= 0.3 is 7.87 Å². The van der Waals surface area contributed by atoms with Crippen LogP contribution in [0.5, 0.6) is 0 Å². The van der Waals surface area contributed by atoms with Gasteiger partial charge in [0.25, 0.3) is 0 Å². The van der Waals surface area contributed by atoms with Crippen LogP contribution in [-0.2, 0) is 0 Å². The van der Waals surface area contributed by atoms with Crippen molar-refractivity contribution in [2.24, 2.45) is 0 Å². The van der Waals surface area contributed by atoms with Crippen LogP contribution < -0.4 is 39.2 Å². The highest BCUT2D eigenvalue weighted by atomic mass is 127. The Balaban J connectivity index is 0. The third-order valence-corrected chi connectivity index (χ3v) is 7.72. The Morgan fingerprint density at radius 1 is 0.640 bits per heavy atom. The van der Waals surface area contributed by atoms with Crippen LogP contribution in [0.4, 0.5) is 0 Å². The predicted molar refractivity (Wildman–Crippen MR) is 112 cm³/mol. The number of nitrogens with one attached hydrogen (secondary N) is 3. The van der Waals surface area contributed by atoms with Crippen molar-refractivity contribution in [1.82, 2.24) is 19.9 Å². The van der Waals surface area contributed by atoms with Crippen LogP contribution in [-0.4, -0.2) is 35.9 Å². The number of halogens is 1. The Morgan fingerprint density at radius 3 is 1.20 bits per heavy atom. The van der Waals surface area contributed by atoms with E-state index in [0.717, 1.165) is 0 Å². The number of hydrogen-bond donors (Lipinski definition) is 3. The van der Waals surface area contributed by atoms with Gasteiger partial charge in [0.15, 0.2) is 0 Å². The molecule has 0 aliphatic rings. The van der Waals surface area contributed by atoms with Crippen molar-refractivity contribution in [3.63, 3.8) is 0 Å². The molecule has 0 atom stereocenters. The molecule has 0 aromatic heterocycles. The van der Waals surface area contributed by atoms with Crippen molar-refractivity contribution in [1.29, 1.82) is 0 Å². The third kappa shape index (κ3) is 12.9. The minimum Gasteiger partial charge on any atom is -1.00 e. The average Bonchev–Trinajstić information content (AvgIpc) is 2.43. The molecule has 3 N–H and O–H groups in total. The van der Waals surface area contributed by atoms with E-state index in [9.17, 15) is 0 Å². The average molecular weight is 488 g/mol. The van der Waals surface area contributed by atoms with Crippen molar-refractivity contribution < 1.29 is 24.0 Å². The lowest BCUT2D eigenvalue weighted by Crippen LogP contribution is -3.00. The monoisotopic (exact) mass is 488 g/mol. The van der Waals surface area contributed by atoms with Crippen LogP contribution in [0.15, 0.2) is 0 Å². The highest BCUT2D eigenvalue weighted by Gasteiger charge is 2.47. The van der Waals surface area contributed by atoms with E-state index in [1.54, 1.807) is 0 Å². The summed E-state index contributed by atoms with van der Waals surface area (Å²) in [6, 6.07) is 1.36. The highest BCUT2D eigenvalue weighted by Crippen LogP contribution is 2.51. The smallest absolute Gasteiger partial charge is 0.301 e. The Morgan fingerprint density at radius 2 is 0.960 bits per heavy atom. The van der Waals surface area contributed by atoms with Crippen LogP contribution in [0.25, 0.3) is 0 Å². The molecule has 0 spiro atoms. The molecule has 0 aromatic rings. The minimum atomic E-state index is -1.77. The van der Waals surface area contributed by atoms with Gasteiger partial charge in [-0.15, -0.1) is 19.9 Å². The van der Waals surface area contributed by atoms with Crippen molar-refractivity contribution in [2.45, 2.75) is 112 Å². The predicted octanol–water partition coefficient (Wildman–Crippen LogP) is 2.34. The molecule has 0 bridgehead atoms. The molecule has 4 nitrogen and oxygen atoms in total. The van der Waals surface area contributed by atoms with Gasteiger partial charge in [-0.2, -0.15) is 0 Å². The molecule has 0 rings (SSSR count). The molecule has 0 aliphatic carbocycles. The van der Waals surface area contributed by atoms with Gasteiger partial charge in [-0.25, -0.2) is 0 Å². The van der Waals surface area contributed by atoms with Gasteiger partial charge in [0.2, 0.25) is 0 Å². The first-order valence-electron chi connectivity index (χ1n) is 10.2. The minimum absolute atomic E-state index is 0. The molecule has 154 valence electrons. The Kier molecular flexibility index (Phi) is 18.1. The van der Waals surface area contributed by atoms with Crippen LogP contribution in [0.3, 0.4) is 0 Å². The number of unbranched alkanes of at least 4 members (excludes halogenated alkanes) is 4. The second kappa shape index (κ2) is 16.0. The van der Waals surface area contributed by atoms with E-state index in [4.69, 9.17) is 0 Å². The summed E-state index contributed by atoms with van der Waals surface area (Å²) in [6.45, 7) is 20.5. The van der Waals surface area contributed by atoms with E-state index in [2.05, 4.69) is 75.3 Å². The molecule has 0 aliphatic heterocycles. The van der Waals surface area contributed by atoms with Gasteiger partial charge in [0.1, 0.15) is 0 Å². The zero-order chi connectivity index (χ0) is 18.6. The molecule has 0 unspecified atom stereocenters. The molecule has 0 radical (unpaired) electrons. The zero-order valence-corrected chi connectivity index (χ0v) is 21.2. The van der Waals surface area contributed by atoms with Crippen LogP contribution >= 0.6 is 7.87 Å². The standard InChI is InChI=1S/C19H46N4P.HI/c1-9-11-13-15-23(16-14-12-10-2)24(20-17(3)4,21-18(5)6)22-19(7)8;/h17-22H,9-16H2,1-8H3;1H/q+1;/p-1. The largest absolute Gasteiger partial charge is 1.00 e. The summed E-state index contributed by atoms with van der Waals surface area (Å²) in [5, 5.41) is 11.8. The fraction of sp³-hybridized carbons (Fsp3) is 1.00. The Bertz CT molecular complexity index is 265. The maximum Gasteiger partial charge on any atom is 0.301 e. The van der Waals surface area contributed by atoms with Gasteiger partial charge in [0, 0.05) is 31.2 Å². The van der Waals surface area contributed by atoms with Crippen molar-refractivity contribution >= 4 is 7.87 Å². The summed E-state index contributed by atoms with van der Waals surface area (Å²) in [7, 11) is -1.77. The van der Waals surface area contributed by atoms with E-state index in [0.29, 0.717) is 18.1 Å². The summed E-state index contributed by atoms with van der Waals surface area (Å²) in [5.41, 5.74) is 0. The van der Waals surface area contributed by atoms with Gasteiger partial charge < -0.3 is 24.0 Å². The van der Waals surface area contributed by atoms with Crippen LogP contribution in [0.2, 0.25) is 0 Å². The first-order valence-corrected chi connectivity index (χ1v) is 12.0. The summed E-state index contributed by atoms with van der Waals surface area (Å²) in [5.74, 6) is 0. The van der Waals surface area contributed by atoms with Crippen molar-refractivity contribution in [3.05, 3.63) is 0 Å². The summed E-state index contributed by atoms with van der Waals surface area (Å²) in [6.07, 6.45) is 7.75. The van der Waals surface area contributed by atoms with Gasteiger partial charge in [-0.05, 0) is 54.4 Å². The number of rotatable bonds is 15.